The van der Waals surface area contributed by atoms with E-state index in [1.165, 1.54) is 12.6 Å². The summed E-state index contributed by atoms with van der Waals surface area (Å²) in [5, 5.41) is 6.22. The fraction of sp³-hybridized carbons (Fsp3) is 0.667. The second kappa shape index (κ2) is 6.68. The van der Waals surface area contributed by atoms with Gasteiger partial charge in [-0.15, -0.1) is 0 Å². The van der Waals surface area contributed by atoms with Crippen LogP contribution in [0.4, 0.5) is 5.82 Å². The Morgan fingerprint density at radius 2 is 2.10 bits per heavy atom. The van der Waals surface area contributed by atoms with Gasteiger partial charge in [0.2, 0.25) is 0 Å². The summed E-state index contributed by atoms with van der Waals surface area (Å²) >= 11 is 0. The first-order chi connectivity index (χ1) is 9.61. The van der Waals surface area contributed by atoms with Crippen LogP contribution >= 0.6 is 0 Å². The summed E-state index contributed by atoms with van der Waals surface area (Å²) in [6.45, 7) is 7.39. The van der Waals surface area contributed by atoms with Crippen LogP contribution in [0.2, 0.25) is 0 Å². The number of aromatic nitrogens is 2. The molecule has 5 heteroatoms. The first-order valence-electron chi connectivity index (χ1n) is 7.48. The van der Waals surface area contributed by atoms with E-state index in [4.69, 9.17) is 0 Å². The Labute approximate surface area is 120 Å². The second-order valence-corrected chi connectivity index (χ2v) is 5.71. The van der Waals surface area contributed by atoms with Crippen molar-refractivity contribution in [1.82, 2.24) is 15.3 Å². The summed E-state index contributed by atoms with van der Waals surface area (Å²) in [5.74, 6) is 1.79. The maximum absolute atomic E-state index is 12.1. The quantitative estimate of drug-likeness (QED) is 0.867. The number of rotatable bonds is 5. The Balaban J connectivity index is 1.92. The number of hydrogen-bond donors (Lipinski definition) is 2. The van der Waals surface area contributed by atoms with Gasteiger partial charge in [-0.25, -0.2) is 9.97 Å². The van der Waals surface area contributed by atoms with Gasteiger partial charge in [0, 0.05) is 12.6 Å². The maximum atomic E-state index is 12.1. The summed E-state index contributed by atoms with van der Waals surface area (Å²) in [5.41, 5.74) is 0.388. The van der Waals surface area contributed by atoms with Crippen LogP contribution in [-0.2, 0) is 0 Å². The van der Waals surface area contributed by atoms with Crippen LogP contribution in [-0.4, -0.2) is 28.5 Å². The number of anilines is 1. The van der Waals surface area contributed by atoms with E-state index in [1.54, 1.807) is 6.20 Å². The lowest BCUT2D eigenvalue weighted by Crippen LogP contribution is -2.37. The average Bonchev–Trinajstić information content (AvgIpc) is 2.77. The molecule has 1 aliphatic carbocycles. The highest BCUT2D eigenvalue weighted by Crippen LogP contribution is 2.31. The van der Waals surface area contributed by atoms with Crippen molar-refractivity contribution in [2.24, 2.45) is 11.8 Å². The highest BCUT2D eigenvalue weighted by Gasteiger charge is 2.31. The molecule has 1 fully saturated rings. The highest BCUT2D eigenvalue weighted by atomic mass is 16.1. The predicted molar refractivity (Wildman–Crippen MR) is 79.6 cm³/mol. The summed E-state index contributed by atoms with van der Waals surface area (Å²) in [6, 6.07) is 0.261. The Hall–Kier alpha value is -1.65. The second-order valence-electron chi connectivity index (χ2n) is 5.71. The Kier molecular flexibility index (Phi) is 4.93. The molecule has 3 atom stereocenters. The normalized spacial score (nSPS) is 25.4. The maximum Gasteiger partial charge on any atom is 0.271 e. The average molecular weight is 276 g/mol. The minimum absolute atomic E-state index is 0.120. The largest absolute Gasteiger partial charge is 0.369 e. The van der Waals surface area contributed by atoms with Gasteiger partial charge in [0.25, 0.3) is 5.91 Å². The molecule has 0 aliphatic heterocycles. The summed E-state index contributed by atoms with van der Waals surface area (Å²) in [4.78, 5) is 20.5. The fourth-order valence-electron chi connectivity index (χ4n) is 2.60. The zero-order chi connectivity index (χ0) is 14.5. The van der Waals surface area contributed by atoms with E-state index in [1.807, 2.05) is 0 Å². The summed E-state index contributed by atoms with van der Waals surface area (Å²) in [6.07, 6.45) is 6.42. The molecule has 20 heavy (non-hydrogen) atoms. The van der Waals surface area contributed by atoms with Crippen molar-refractivity contribution in [2.75, 3.05) is 11.9 Å². The van der Waals surface area contributed by atoms with Crippen LogP contribution in [0.3, 0.4) is 0 Å². The van der Waals surface area contributed by atoms with E-state index in [9.17, 15) is 4.79 Å². The van der Waals surface area contributed by atoms with E-state index >= 15 is 0 Å². The third kappa shape index (κ3) is 3.46. The number of amides is 1. The van der Waals surface area contributed by atoms with Crippen molar-refractivity contribution in [1.29, 1.82) is 0 Å². The van der Waals surface area contributed by atoms with Crippen LogP contribution in [0.15, 0.2) is 12.4 Å². The minimum Gasteiger partial charge on any atom is -0.369 e. The van der Waals surface area contributed by atoms with Crippen molar-refractivity contribution in [3.8, 4) is 0 Å². The summed E-state index contributed by atoms with van der Waals surface area (Å²) < 4.78 is 0. The smallest absolute Gasteiger partial charge is 0.271 e. The van der Waals surface area contributed by atoms with Crippen molar-refractivity contribution in [3.63, 3.8) is 0 Å². The lowest BCUT2D eigenvalue weighted by molar-refractivity contribution is 0.0922. The molecule has 0 radical (unpaired) electrons. The van der Waals surface area contributed by atoms with Gasteiger partial charge in [-0.05, 0) is 31.1 Å². The number of hydrogen-bond acceptors (Lipinski definition) is 4. The van der Waals surface area contributed by atoms with Crippen molar-refractivity contribution in [2.45, 2.75) is 46.1 Å². The first-order valence-corrected chi connectivity index (χ1v) is 7.48. The first kappa shape index (κ1) is 14.8. The lowest BCUT2D eigenvalue weighted by Gasteiger charge is -2.19. The van der Waals surface area contributed by atoms with E-state index < -0.39 is 0 Å². The molecule has 110 valence electrons. The zero-order valence-corrected chi connectivity index (χ0v) is 12.5. The van der Waals surface area contributed by atoms with Crippen molar-refractivity contribution >= 4 is 11.7 Å². The van der Waals surface area contributed by atoms with Crippen molar-refractivity contribution < 1.29 is 4.79 Å². The number of nitrogens with zero attached hydrogens (tertiary/aromatic N) is 2. The molecule has 0 saturated heterocycles. The SMILES string of the molecule is CCCNc1cnc(C(=O)NC2CCC(C)C2C)cn1. The highest BCUT2D eigenvalue weighted by molar-refractivity contribution is 5.92. The molecule has 5 nitrogen and oxygen atoms in total. The van der Waals surface area contributed by atoms with Crippen molar-refractivity contribution in [3.05, 3.63) is 18.1 Å². The molecule has 2 rings (SSSR count). The number of nitrogens with one attached hydrogen (secondary N) is 2. The van der Waals surface area contributed by atoms with Gasteiger partial charge < -0.3 is 10.6 Å². The molecular formula is C15H24N4O. The van der Waals surface area contributed by atoms with E-state index in [-0.39, 0.29) is 11.9 Å². The predicted octanol–water partition coefficient (Wildman–Crippen LogP) is 2.46. The van der Waals surface area contributed by atoms with Gasteiger partial charge in [0.15, 0.2) is 0 Å². The molecule has 1 saturated carbocycles. The van der Waals surface area contributed by atoms with Crippen LogP contribution in [0.25, 0.3) is 0 Å². The molecule has 1 aromatic rings. The molecule has 0 aromatic carbocycles. The lowest BCUT2D eigenvalue weighted by atomic mass is 9.98. The van der Waals surface area contributed by atoms with Gasteiger partial charge in [0.1, 0.15) is 11.5 Å². The Bertz CT molecular complexity index is 446. The van der Waals surface area contributed by atoms with Gasteiger partial charge in [0.05, 0.1) is 12.4 Å². The molecule has 1 aromatic heterocycles. The van der Waals surface area contributed by atoms with E-state index in [2.05, 4.69) is 41.4 Å². The molecule has 0 spiro atoms. The number of carbonyl (C=O) groups is 1. The molecule has 1 heterocycles. The third-order valence-corrected chi connectivity index (χ3v) is 4.22. The van der Waals surface area contributed by atoms with Crippen LogP contribution in [0.1, 0.15) is 50.5 Å². The third-order valence-electron chi connectivity index (χ3n) is 4.22. The minimum atomic E-state index is -0.120. The summed E-state index contributed by atoms with van der Waals surface area (Å²) in [7, 11) is 0. The van der Waals surface area contributed by atoms with Crippen LogP contribution in [0, 0.1) is 11.8 Å². The zero-order valence-electron chi connectivity index (χ0n) is 12.5. The van der Waals surface area contributed by atoms with Crippen LogP contribution in [0.5, 0.6) is 0 Å². The molecule has 0 bridgehead atoms. The van der Waals surface area contributed by atoms with E-state index in [0.717, 1.165) is 19.4 Å². The van der Waals surface area contributed by atoms with Gasteiger partial charge in [-0.1, -0.05) is 20.8 Å². The topological polar surface area (TPSA) is 66.9 Å². The van der Waals surface area contributed by atoms with E-state index in [0.29, 0.717) is 23.3 Å². The fourth-order valence-corrected chi connectivity index (χ4v) is 2.60. The van der Waals surface area contributed by atoms with Gasteiger partial charge in [-0.2, -0.15) is 0 Å². The monoisotopic (exact) mass is 276 g/mol. The van der Waals surface area contributed by atoms with Crippen LogP contribution < -0.4 is 10.6 Å². The van der Waals surface area contributed by atoms with Gasteiger partial charge >= 0.3 is 0 Å². The molecule has 3 unspecified atom stereocenters. The van der Waals surface area contributed by atoms with Gasteiger partial charge in [-0.3, -0.25) is 4.79 Å². The standard InChI is InChI=1S/C15H24N4O/c1-4-7-16-14-9-17-13(8-18-14)15(20)19-12-6-5-10(2)11(12)3/h8-12H,4-7H2,1-3H3,(H,16,18)(H,19,20). The Morgan fingerprint density at radius 3 is 2.65 bits per heavy atom. The molecule has 1 amide bonds. The molecule has 2 N–H and O–H groups in total. The molecular weight excluding hydrogens is 252 g/mol. The number of carbonyl (C=O) groups excluding carboxylic acids is 1. The Morgan fingerprint density at radius 1 is 1.30 bits per heavy atom. The molecule has 1 aliphatic rings.